The molecule has 0 aliphatic carbocycles. The van der Waals surface area contributed by atoms with Crippen LogP contribution in [-0.4, -0.2) is 28.6 Å². The third-order valence-electron chi connectivity index (χ3n) is 3.43. The number of nitrogens with zero attached hydrogens (tertiary/aromatic N) is 1. The number of nitrogens with one attached hydrogen (secondary N) is 2. The largest absolute Gasteiger partial charge is 0.394 e. The molecule has 1 unspecified atom stereocenters. The fraction of sp³-hybridized carbons (Fsp3) is 0.333. The number of aromatic nitrogens is 1. The standard InChI is InChI=1S/C18H23N3O2/c1-13(2)11-17(12-22)21-18(23)14-3-5-15(6-4-14)20-16-7-9-19-10-8-16/h3-10,13,17,22H,11-12H2,1-2H3,(H,19,20)(H,21,23). The molecule has 0 radical (unpaired) electrons. The lowest BCUT2D eigenvalue weighted by atomic mass is 10.0. The SMILES string of the molecule is CC(C)CC(CO)NC(=O)c1ccc(Nc2ccncc2)cc1. The van der Waals surface area contributed by atoms with Gasteiger partial charge in [0.15, 0.2) is 0 Å². The first-order valence-corrected chi connectivity index (χ1v) is 7.77. The molecule has 1 amide bonds. The fourth-order valence-corrected chi connectivity index (χ4v) is 2.32. The molecule has 5 heteroatoms. The Kier molecular flexibility index (Phi) is 6.11. The maximum atomic E-state index is 12.2. The van der Waals surface area contributed by atoms with E-state index in [-0.39, 0.29) is 18.6 Å². The van der Waals surface area contributed by atoms with Crippen LogP contribution in [0.2, 0.25) is 0 Å². The molecule has 0 aliphatic heterocycles. The summed E-state index contributed by atoms with van der Waals surface area (Å²) in [7, 11) is 0. The zero-order chi connectivity index (χ0) is 16.7. The Bertz CT molecular complexity index is 612. The molecule has 2 aromatic rings. The first-order chi connectivity index (χ1) is 11.1. The summed E-state index contributed by atoms with van der Waals surface area (Å²) in [6.45, 7) is 4.08. The lowest BCUT2D eigenvalue weighted by molar-refractivity contribution is 0.0908. The Morgan fingerprint density at radius 1 is 1.09 bits per heavy atom. The van der Waals surface area contributed by atoms with Crippen molar-refractivity contribution in [3.63, 3.8) is 0 Å². The molecule has 0 bridgehead atoms. The summed E-state index contributed by atoms with van der Waals surface area (Å²) in [6, 6.07) is 10.8. The van der Waals surface area contributed by atoms with Crippen LogP contribution in [0.3, 0.4) is 0 Å². The van der Waals surface area contributed by atoms with Gasteiger partial charge in [-0.3, -0.25) is 9.78 Å². The molecule has 0 fully saturated rings. The number of benzene rings is 1. The van der Waals surface area contributed by atoms with E-state index >= 15 is 0 Å². The van der Waals surface area contributed by atoms with Crippen LogP contribution >= 0.6 is 0 Å². The minimum absolute atomic E-state index is 0.0500. The molecule has 0 spiro atoms. The molecule has 1 heterocycles. The normalized spacial score (nSPS) is 12.0. The monoisotopic (exact) mass is 313 g/mol. The van der Waals surface area contributed by atoms with E-state index in [9.17, 15) is 9.90 Å². The number of amides is 1. The molecule has 122 valence electrons. The fourth-order valence-electron chi connectivity index (χ4n) is 2.32. The Balaban J connectivity index is 1.97. The second-order valence-electron chi connectivity index (χ2n) is 5.92. The van der Waals surface area contributed by atoms with Crippen LogP contribution in [0.15, 0.2) is 48.8 Å². The van der Waals surface area contributed by atoms with Gasteiger partial charge >= 0.3 is 0 Å². The van der Waals surface area contributed by atoms with Crippen molar-refractivity contribution >= 4 is 17.3 Å². The van der Waals surface area contributed by atoms with Gasteiger partial charge in [0.2, 0.25) is 0 Å². The molecule has 23 heavy (non-hydrogen) atoms. The highest BCUT2D eigenvalue weighted by molar-refractivity contribution is 5.94. The molecule has 2 rings (SSSR count). The van der Waals surface area contributed by atoms with E-state index in [1.165, 1.54) is 0 Å². The predicted molar refractivity (Wildman–Crippen MR) is 91.8 cm³/mol. The molecule has 5 nitrogen and oxygen atoms in total. The lowest BCUT2D eigenvalue weighted by Gasteiger charge is -2.18. The van der Waals surface area contributed by atoms with Crippen LogP contribution in [0, 0.1) is 5.92 Å². The Morgan fingerprint density at radius 3 is 2.26 bits per heavy atom. The maximum absolute atomic E-state index is 12.2. The molecule has 3 N–H and O–H groups in total. The van der Waals surface area contributed by atoms with Gasteiger partial charge in [-0.05, 0) is 48.7 Å². The summed E-state index contributed by atoms with van der Waals surface area (Å²) < 4.78 is 0. The van der Waals surface area contributed by atoms with Crippen molar-refractivity contribution in [1.82, 2.24) is 10.3 Å². The topological polar surface area (TPSA) is 74.2 Å². The molecule has 1 aromatic heterocycles. The minimum atomic E-state index is -0.211. The van der Waals surface area contributed by atoms with Gasteiger partial charge in [0.05, 0.1) is 12.6 Å². The third kappa shape index (κ3) is 5.38. The molecule has 1 aromatic carbocycles. The number of carbonyl (C=O) groups is 1. The number of anilines is 2. The molecular formula is C18H23N3O2. The number of rotatable bonds is 7. The van der Waals surface area contributed by atoms with Crippen molar-refractivity contribution in [1.29, 1.82) is 0 Å². The van der Waals surface area contributed by atoms with Crippen molar-refractivity contribution in [3.8, 4) is 0 Å². The quantitative estimate of drug-likeness (QED) is 0.734. The third-order valence-corrected chi connectivity index (χ3v) is 3.43. The first kappa shape index (κ1) is 17.0. The Labute approximate surface area is 136 Å². The average Bonchev–Trinajstić information content (AvgIpc) is 2.55. The highest BCUT2D eigenvalue weighted by Crippen LogP contribution is 2.16. The first-order valence-electron chi connectivity index (χ1n) is 7.77. The minimum Gasteiger partial charge on any atom is -0.394 e. The van der Waals surface area contributed by atoms with Crippen LogP contribution in [-0.2, 0) is 0 Å². The summed E-state index contributed by atoms with van der Waals surface area (Å²) in [5.74, 6) is 0.250. The number of pyridine rings is 1. The summed E-state index contributed by atoms with van der Waals surface area (Å²) >= 11 is 0. The highest BCUT2D eigenvalue weighted by Gasteiger charge is 2.14. The van der Waals surface area contributed by atoms with E-state index in [0.717, 1.165) is 17.8 Å². The lowest BCUT2D eigenvalue weighted by Crippen LogP contribution is -2.38. The second-order valence-corrected chi connectivity index (χ2v) is 5.92. The van der Waals surface area contributed by atoms with Gasteiger partial charge in [-0.2, -0.15) is 0 Å². The average molecular weight is 313 g/mol. The van der Waals surface area contributed by atoms with Gasteiger partial charge < -0.3 is 15.7 Å². The Hall–Kier alpha value is -2.40. The summed E-state index contributed by atoms with van der Waals surface area (Å²) in [5.41, 5.74) is 2.41. The van der Waals surface area contributed by atoms with E-state index in [1.807, 2.05) is 24.3 Å². The Morgan fingerprint density at radius 2 is 1.70 bits per heavy atom. The van der Waals surface area contributed by atoms with Crippen molar-refractivity contribution in [3.05, 3.63) is 54.4 Å². The van der Waals surface area contributed by atoms with Gasteiger partial charge in [-0.15, -0.1) is 0 Å². The van der Waals surface area contributed by atoms with Crippen molar-refractivity contribution in [2.45, 2.75) is 26.3 Å². The number of carbonyl (C=O) groups excluding carboxylic acids is 1. The van der Waals surface area contributed by atoms with E-state index in [1.54, 1.807) is 24.5 Å². The summed E-state index contributed by atoms with van der Waals surface area (Å²) in [4.78, 5) is 16.2. The van der Waals surface area contributed by atoms with Crippen LogP contribution < -0.4 is 10.6 Å². The number of hydrogen-bond donors (Lipinski definition) is 3. The molecule has 1 atom stereocenters. The molecule has 0 saturated heterocycles. The van der Waals surface area contributed by atoms with Gasteiger partial charge in [0.25, 0.3) is 5.91 Å². The zero-order valence-electron chi connectivity index (χ0n) is 13.5. The zero-order valence-corrected chi connectivity index (χ0v) is 13.5. The maximum Gasteiger partial charge on any atom is 0.251 e. The van der Waals surface area contributed by atoms with Crippen molar-refractivity contribution in [2.24, 2.45) is 5.92 Å². The van der Waals surface area contributed by atoms with E-state index < -0.39 is 0 Å². The van der Waals surface area contributed by atoms with Crippen LogP contribution in [0.25, 0.3) is 0 Å². The van der Waals surface area contributed by atoms with Crippen LogP contribution in [0.4, 0.5) is 11.4 Å². The molecule has 0 aliphatic rings. The predicted octanol–water partition coefficient (Wildman–Crippen LogP) is 2.96. The van der Waals surface area contributed by atoms with E-state index in [0.29, 0.717) is 11.5 Å². The second kappa shape index (κ2) is 8.29. The van der Waals surface area contributed by atoms with E-state index in [2.05, 4.69) is 29.5 Å². The highest BCUT2D eigenvalue weighted by atomic mass is 16.3. The molecule has 0 saturated carbocycles. The van der Waals surface area contributed by atoms with Gasteiger partial charge in [0.1, 0.15) is 0 Å². The summed E-state index contributed by atoms with van der Waals surface area (Å²) in [5, 5.41) is 15.5. The number of hydrogen-bond acceptors (Lipinski definition) is 4. The van der Waals surface area contributed by atoms with Crippen molar-refractivity contribution in [2.75, 3.05) is 11.9 Å². The smallest absolute Gasteiger partial charge is 0.251 e. The van der Waals surface area contributed by atoms with Crippen molar-refractivity contribution < 1.29 is 9.90 Å². The number of aliphatic hydroxyl groups excluding tert-OH is 1. The number of aliphatic hydroxyl groups is 1. The summed E-state index contributed by atoms with van der Waals surface area (Å²) in [6.07, 6.45) is 4.19. The van der Waals surface area contributed by atoms with Crippen LogP contribution in [0.5, 0.6) is 0 Å². The van der Waals surface area contributed by atoms with Gasteiger partial charge in [0, 0.05) is 29.3 Å². The van der Waals surface area contributed by atoms with Gasteiger partial charge in [-0.25, -0.2) is 0 Å². The van der Waals surface area contributed by atoms with Gasteiger partial charge in [-0.1, -0.05) is 13.8 Å². The van der Waals surface area contributed by atoms with E-state index in [4.69, 9.17) is 0 Å². The van der Waals surface area contributed by atoms with Crippen LogP contribution in [0.1, 0.15) is 30.6 Å². The molecular weight excluding hydrogens is 290 g/mol.